The Morgan fingerprint density at radius 1 is 0.927 bits per heavy atom. The van der Waals surface area contributed by atoms with Gasteiger partial charge in [0, 0.05) is 12.8 Å². The molecule has 3 aliphatic carbocycles. The number of phenolic OH excluding ortho intramolecular Hbond substituents is 1. The fourth-order valence-electron chi connectivity index (χ4n) is 8.33. The largest absolute Gasteiger partial charge is 0.508 e. The van der Waals surface area contributed by atoms with Crippen LogP contribution in [0.3, 0.4) is 0 Å². The summed E-state index contributed by atoms with van der Waals surface area (Å²) in [6, 6.07) is 5.95. The highest BCUT2D eigenvalue weighted by Gasteiger charge is 2.57. The molecule has 0 spiro atoms. The van der Waals surface area contributed by atoms with Crippen molar-refractivity contribution in [2.75, 3.05) is 11.5 Å². The zero-order valence-electron chi connectivity index (χ0n) is 24.4. The second kappa shape index (κ2) is 13.7. The molecule has 0 bridgehead atoms. The molecule has 0 aromatic heterocycles. The molecule has 1 aromatic rings. The molecule has 2 saturated carbocycles. The molecule has 3 unspecified atom stereocenters. The van der Waals surface area contributed by atoms with Gasteiger partial charge in [0.1, 0.15) is 17.3 Å². The number of halogens is 5. The lowest BCUT2D eigenvalue weighted by molar-refractivity contribution is -0.284. The first-order valence-electron chi connectivity index (χ1n) is 15.7. The van der Waals surface area contributed by atoms with Gasteiger partial charge < -0.3 is 10.2 Å². The van der Waals surface area contributed by atoms with Crippen molar-refractivity contribution in [3.05, 3.63) is 29.3 Å². The summed E-state index contributed by atoms with van der Waals surface area (Å²) in [6.07, 6.45) is 7.01. The van der Waals surface area contributed by atoms with Gasteiger partial charge in [-0.05, 0) is 104 Å². The minimum Gasteiger partial charge on any atom is -0.508 e. The van der Waals surface area contributed by atoms with E-state index in [9.17, 15) is 32.2 Å². The number of alkyl halides is 5. The average molecular weight is 607 g/mol. The lowest BCUT2D eigenvalue weighted by Crippen LogP contribution is -2.47. The summed E-state index contributed by atoms with van der Waals surface area (Å²) in [6.45, 7) is 2.31. The van der Waals surface area contributed by atoms with Crippen LogP contribution in [-0.2, 0) is 17.5 Å². The van der Waals surface area contributed by atoms with Gasteiger partial charge in [-0.1, -0.05) is 45.1 Å². The Hall–Kier alpha value is -1.06. The van der Waals surface area contributed by atoms with Gasteiger partial charge in [0.25, 0.3) is 0 Å². The molecule has 3 nitrogen and oxygen atoms in total. The third-order valence-corrected chi connectivity index (χ3v) is 12.3. The maximum Gasteiger partial charge on any atom is 0.453 e. The molecule has 3 aliphatic rings. The number of aromatic hydroxyl groups is 1. The molecule has 1 aromatic carbocycles. The van der Waals surface area contributed by atoms with Gasteiger partial charge in [0.15, 0.2) is 0 Å². The van der Waals surface area contributed by atoms with Crippen LogP contribution in [0.1, 0.15) is 114 Å². The summed E-state index contributed by atoms with van der Waals surface area (Å²) in [7, 11) is 0. The van der Waals surface area contributed by atoms with E-state index in [1.54, 1.807) is 0 Å². The first-order valence-corrected chi connectivity index (χ1v) is 17.3. The summed E-state index contributed by atoms with van der Waals surface area (Å²) < 4.78 is 62.8. The van der Waals surface area contributed by atoms with E-state index >= 15 is 0 Å². The topological polar surface area (TPSA) is 66.5 Å². The average Bonchev–Trinajstić information content (AvgIpc) is 3.20. The van der Waals surface area contributed by atoms with Gasteiger partial charge >= 0.3 is 12.1 Å². The Labute approximate surface area is 245 Å². The molecule has 7 atom stereocenters. The van der Waals surface area contributed by atoms with E-state index in [1.807, 2.05) is 12.1 Å². The molecule has 9 heteroatoms. The van der Waals surface area contributed by atoms with E-state index in [0.717, 1.165) is 57.8 Å². The SMILES string of the molecule is C[C@]12CCC3c4ccc(O)cc4C[C@@H](CCCCCCCCC[S+](N)CCCC(F)(F)C(F)(F)F)[C@H]3C1CC[C@@H]2O. The third-order valence-electron chi connectivity index (χ3n) is 10.6. The summed E-state index contributed by atoms with van der Waals surface area (Å²) in [4.78, 5) is 0. The van der Waals surface area contributed by atoms with Gasteiger partial charge in [-0.25, -0.2) is 0 Å². The lowest BCUT2D eigenvalue weighted by atomic mass is 9.52. The first-order chi connectivity index (χ1) is 19.3. The van der Waals surface area contributed by atoms with E-state index < -0.39 is 29.6 Å². The standard InChI is InChI=1S/C32H48F5NO2S/c1-30-17-15-26-25-12-11-24(39)21-23(25)20-22(29(26)27(30)13-14-28(30)40)10-7-5-3-2-4-6-8-18-41(38)19-9-16-31(33,34)32(35,36)37/h11-12,21-22,26-29,40H,2-10,13-20,38H2,1H3/p+1/t22-,26?,27?,28+,29-,30+,41?/m1/s1. The fourth-order valence-corrected chi connectivity index (χ4v) is 9.63. The maximum absolute atomic E-state index is 13.0. The number of hydrogen-bond acceptors (Lipinski definition) is 3. The number of nitrogens with two attached hydrogens (primary N) is 1. The van der Waals surface area contributed by atoms with Crippen molar-refractivity contribution >= 4 is 11.1 Å². The molecule has 0 heterocycles. The van der Waals surface area contributed by atoms with Crippen molar-refractivity contribution in [1.29, 1.82) is 0 Å². The third kappa shape index (κ3) is 7.72. The minimum atomic E-state index is -5.48. The van der Waals surface area contributed by atoms with E-state index in [1.165, 1.54) is 36.8 Å². The zero-order chi connectivity index (χ0) is 29.8. The van der Waals surface area contributed by atoms with E-state index in [-0.39, 0.29) is 23.7 Å². The summed E-state index contributed by atoms with van der Waals surface area (Å²) in [5.41, 5.74) is 2.77. The molecule has 234 valence electrons. The Balaban J connectivity index is 1.15. The van der Waals surface area contributed by atoms with Crippen LogP contribution in [0.25, 0.3) is 0 Å². The van der Waals surface area contributed by atoms with Crippen LogP contribution in [-0.4, -0.2) is 39.9 Å². The Morgan fingerprint density at radius 3 is 2.29 bits per heavy atom. The van der Waals surface area contributed by atoms with Gasteiger partial charge in [-0.2, -0.15) is 27.1 Å². The number of hydrogen-bond donors (Lipinski definition) is 3. The molecular weight excluding hydrogens is 557 g/mol. The van der Waals surface area contributed by atoms with Gasteiger partial charge in [0.05, 0.1) is 17.2 Å². The molecule has 0 aliphatic heterocycles. The number of unbranched alkanes of at least 4 members (excludes halogenated alkanes) is 6. The minimum absolute atomic E-state index is 0.0328. The zero-order valence-corrected chi connectivity index (χ0v) is 25.2. The highest BCUT2D eigenvalue weighted by molar-refractivity contribution is 7.94. The van der Waals surface area contributed by atoms with Crippen molar-refractivity contribution in [3.8, 4) is 5.75 Å². The number of rotatable bonds is 14. The number of benzene rings is 1. The maximum atomic E-state index is 13.0. The Kier molecular flexibility index (Phi) is 11.0. The summed E-state index contributed by atoms with van der Waals surface area (Å²) >= 11 is -0.605. The summed E-state index contributed by atoms with van der Waals surface area (Å²) in [5.74, 6) is -1.08. The number of aliphatic hydroxyl groups excluding tert-OH is 1. The van der Waals surface area contributed by atoms with E-state index in [0.29, 0.717) is 35.2 Å². The van der Waals surface area contributed by atoms with Crippen LogP contribution >= 0.6 is 0 Å². The molecular formula is C32H49F5NO2S+. The van der Waals surface area contributed by atoms with Crippen molar-refractivity contribution in [1.82, 2.24) is 0 Å². The highest BCUT2D eigenvalue weighted by atomic mass is 32.2. The van der Waals surface area contributed by atoms with Crippen LogP contribution in [0, 0.1) is 23.2 Å². The van der Waals surface area contributed by atoms with Crippen molar-refractivity contribution in [2.24, 2.45) is 28.3 Å². The second-order valence-electron chi connectivity index (χ2n) is 13.3. The lowest BCUT2D eigenvalue weighted by Gasteiger charge is -2.53. The summed E-state index contributed by atoms with van der Waals surface area (Å²) in [5, 5.41) is 27.0. The highest BCUT2D eigenvalue weighted by Crippen LogP contribution is 2.62. The van der Waals surface area contributed by atoms with Crippen molar-refractivity contribution < 1.29 is 32.2 Å². The first kappa shape index (κ1) is 32.8. The van der Waals surface area contributed by atoms with Crippen LogP contribution in [0.4, 0.5) is 22.0 Å². The molecule has 0 radical (unpaired) electrons. The number of phenols is 1. The molecule has 41 heavy (non-hydrogen) atoms. The second-order valence-corrected chi connectivity index (χ2v) is 15.2. The molecule has 2 fully saturated rings. The van der Waals surface area contributed by atoms with E-state index in [2.05, 4.69) is 13.0 Å². The fraction of sp³-hybridized carbons (Fsp3) is 0.812. The van der Waals surface area contributed by atoms with Crippen LogP contribution in [0.2, 0.25) is 0 Å². The normalized spacial score (nSPS) is 30.5. The predicted octanol–water partition coefficient (Wildman–Crippen LogP) is 8.43. The smallest absolute Gasteiger partial charge is 0.453 e. The van der Waals surface area contributed by atoms with Crippen LogP contribution in [0.15, 0.2) is 18.2 Å². The van der Waals surface area contributed by atoms with Gasteiger partial charge in [-0.3, -0.25) is 0 Å². The Morgan fingerprint density at radius 2 is 1.59 bits per heavy atom. The quantitative estimate of drug-likeness (QED) is 0.113. The molecule has 4 rings (SSSR count). The van der Waals surface area contributed by atoms with Gasteiger partial charge in [-0.15, -0.1) is 0 Å². The van der Waals surface area contributed by atoms with Crippen LogP contribution < -0.4 is 5.14 Å². The molecule has 0 saturated heterocycles. The number of aliphatic hydroxyl groups is 1. The monoisotopic (exact) mass is 606 g/mol. The molecule has 0 amide bonds. The van der Waals surface area contributed by atoms with Crippen molar-refractivity contribution in [2.45, 2.75) is 127 Å². The van der Waals surface area contributed by atoms with E-state index in [4.69, 9.17) is 5.14 Å². The molecule has 4 N–H and O–H groups in total. The predicted molar refractivity (Wildman–Crippen MR) is 156 cm³/mol. The van der Waals surface area contributed by atoms with Crippen LogP contribution in [0.5, 0.6) is 5.75 Å². The van der Waals surface area contributed by atoms with Gasteiger partial charge in [0.2, 0.25) is 0 Å². The Bertz CT molecular complexity index is 991. The van der Waals surface area contributed by atoms with Crippen molar-refractivity contribution in [3.63, 3.8) is 0 Å². The number of fused-ring (bicyclic) bond motifs is 5.